The Balaban J connectivity index is 2.09. The first-order chi connectivity index (χ1) is 9.58. The molecule has 0 radical (unpaired) electrons. The van der Waals surface area contributed by atoms with Gasteiger partial charge in [-0.15, -0.1) is 5.10 Å². The molecule has 0 spiro atoms. The standard InChI is InChI=1S/C15H20N4O/c1-11(2)9-16-15(20)14-12(3)19(18-17-14)10-13-7-5-4-6-8-13/h4-8,11H,9-10H2,1-3H3,(H,16,20). The zero-order chi connectivity index (χ0) is 14.5. The molecular formula is C15H20N4O. The molecule has 0 atom stereocenters. The Morgan fingerprint density at radius 1 is 1.30 bits per heavy atom. The summed E-state index contributed by atoms with van der Waals surface area (Å²) in [5, 5.41) is 10.9. The van der Waals surface area contributed by atoms with Crippen molar-refractivity contribution in [3.63, 3.8) is 0 Å². The lowest BCUT2D eigenvalue weighted by Crippen LogP contribution is -2.28. The smallest absolute Gasteiger partial charge is 0.273 e. The number of carbonyl (C=O) groups excluding carboxylic acids is 1. The maximum absolute atomic E-state index is 12.0. The number of nitrogens with one attached hydrogen (secondary N) is 1. The summed E-state index contributed by atoms with van der Waals surface area (Å²) in [6, 6.07) is 10.00. The minimum Gasteiger partial charge on any atom is -0.350 e. The summed E-state index contributed by atoms with van der Waals surface area (Å²) in [6.45, 7) is 7.24. The lowest BCUT2D eigenvalue weighted by molar-refractivity contribution is 0.0943. The van der Waals surface area contributed by atoms with Gasteiger partial charge in [-0.3, -0.25) is 4.79 Å². The van der Waals surface area contributed by atoms with E-state index in [2.05, 4.69) is 29.5 Å². The van der Waals surface area contributed by atoms with Crippen LogP contribution < -0.4 is 5.32 Å². The molecule has 1 N–H and O–H groups in total. The minimum atomic E-state index is -0.157. The summed E-state index contributed by atoms with van der Waals surface area (Å²) in [5.74, 6) is 0.258. The van der Waals surface area contributed by atoms with Crippen LogP contribution >= 0.6 is 0 Å². The van der Waals surface area contributed by atoms with Gasteiger partial charge >= 0.3 is 0 Å². The third-order valence-electron chi connectivity index (χ3n) is 3.04. The summed E-state index contributed by atoms with van der Waals surface area (Å²) in [6.07, 6.45) is 0. The molecule has 5 heteroatoms. The first-order valence-corrected chi connectivity index (χ1v) is 6.80. The molecule has 0 bridgehead atoms. The summed E-state index contributed by atoms with van der Waals surface area (Å²) in [4.78, 5) is 12.0. The molecule has 1 aromatic heterocycles. The van der Waals surface area contributed by atoms with E-state index >= 15 is 0 Å². The summed E-state index contributed by atoms with van der Waals surface area (Å²) in [7, 11) is 0. The van der Waals surface area contributed by atoms with Gasteiger partial charge in [0.1, 0.15) is 0 Å². The molecule has 0 unspecified atom stereocenters. The van der Waals surface area contributed by atoms with Gasteiger partial charge in [-0.2, -0.15) is 0 Å². The zero-order valence-corrected chi connectivity index (χ0v) is 12.1. The van der Waals surface area contributed by atoms with E-state index in [0.717, 1.165) is 11.3 Å². The van der Waals surface area contributed by atoms with Crippen molar-refractivity contribution >= 4 is 5.91 Å². The van der Waals surface area contributed by atoms with E-state index in [0.29, 0.717) is 24.7 Å². The maximum Gasteiger partial charge on any atom is 0.273 e. The highest BCUT2D eigenvalue weighted by Crippen LogP contribution is 2.08. The van der Waals surface area contributed by atoms with Crippen LogP contribution in [0.2, 0.25) is 0 Å². The van der Waals surface area contributed by atoms with E-state index in [1.807, 2.05) is 37.3 Å². The highest BCUT2D eigenvalue weighted by molar-refractivity contribution is 5.93. The van der Waals surface area contributed by atoms with Crippen LogP contribution in [0.15, 0.2) is 30.3 Å². The molecule has 20 heavy (non-hydrogen) atoms. The van der Waals surface area contributed by atoms with E-state index < -0.39 is 0 Å². The molecule has 2 rings (SSSR count). The largest absolute Gasteiger partial charge is 0.350 e. The number of nitrogens with zero attached hydrogens (tertiary/aromatic N) is 3. The Labute approximate surface area is 119 Å². The Morgan fingerprint density at radius 2 is 2.00 bits per heavy atom. The van der Waals surface area contributed by atoms with E-state index in [9.17, 15) is 4.79 Å². The van der Waals surface area contributed by atoms with Crippen LogP contribution in [-0.2, 0) is 6.54 Å². The SMILES string of the molecule is Cc1c(C(=O)NCC(C)C)nnn1Cc1ccccc1. The maximum atomic E-state index is 12.0. The van der Waals surface area contributed by atoms with E-state index in [4.69, 9.17) is 0 Å². The fraction of sp³-hybridized carbons (Fsp3) is 0.400. The Hall–Kier alpha value is -2.17. The number of hydrogen-bond donors (Lipinski definition) is 1. The Morgan fingerprint density at radius 3 is 2.65 bits per heavy atom. The van der Waals surface area contributed by atoms with Crippen molar-refractivity contribution in [2.75, 3.05) is 6.54 Å². The monoisotopic (exact) mass is 272 g/mol. The average Bonchev–Trinajstić information content (AvgIpc) is 2.79. The predicted molar refractivity (Wildman–Crippen MR) is 77.5 cm³/mol. The third kappa shape index (κ3) is 3.44. The van der Waals surface area contributed by atoms with Crippen LogP contribution in [0.3, 0.4) is 0 Å². The van der Waals surface area contributed by atoms with Gasteiger partial charge < -0.3 is 5.32 Å². The van der Waals surface area contributed by atoms with Gasteiger partial charge in [0.25, 0.3) is 5.91 Å². The molecule has 1 amide bonds. The van der Waals surface area contributed by atoms with Crippen LogP contribution in [-0.4, -0.2) is 27.4 Å². The second kappa shape index (κ2) is 6.32. The van der Waals surface area contributed by atoms with Gasteiger partial charge in [-0.25, -0.2) is 4.68 Å². The molecule has 5 nitrogen and oxygen atoms in total. The molecule has 0 saturated heterocycles. The molecule has 106 valence electrons. The Bertz CT molecular complexity index is 575. The van der Waals surface area contributed by atoms with Crippen molar-refractivity contribution in [1.82, 2.24) is 20.3 Å². The predicted octanol–water partition coefficient (Wildman–Crippen LogP) is 2.02. The zero-order valence-electron chi connectivity index (χ0n) is 12.1. The van der Waals surface area contributed by atoms with E-state index in [1.54, 1.807) is 4.68 Å². The number of rotatable bonds is 5. The van der Waals surface area contributed by atoms with Crippen molar-refractivity contribution in [2.24, 2.45) is 5.92 Å². The van der Waals surface area contributed by atoms with Crippen LogP contribution in [0.1, 0.15) is 35.6 Å². The summed E-state index contributed by atoms with van der Waals surface area (Å²) < 4.78 is 1.75. The van der Waals surface area contributed by atoms with Crippen LogP contribution in [0, 0.1) is 12.8 Å². The third-order valence-corrected chi connectivity index (χ3v) is 3.04. The number of benzene rings is 1. The molecule has 1 heterocycles. The van der Waals surface area contributed by atoms with Gasteiger partial charge in [-0.1, -0.05) is 49.4 Å². The van der Waals surface area contributed by atoms with Crippen molar-refractivity contribution in [3.05, 3.63) is 47.3 Å². The van der Waals surface area contributed by atoms with Crippen molar-refractivity contribution < 1.29 is 4.79 Å². The highest BCUT2D eigenvalue weighted by atomic mass is 16.2. The second-order valence-electron chi connectivity index (χ2n) is 5.27. The number of carbonyl (C=O) groups is 1. The molecule has 2 aromatic rings. The molecule has 0 fully saturated rings. The fourth-order valence-electron chi connectivity index (χ4n) is 1.86. The number of aromatic nitrogens is 3. The number of hydrogen-bond acceptors (Lipinski definition) is 3. The van der Waals surface area contributed by atoms with Crippen molar-refractivity contribution in [3.8, 4) is 0 Å². The van der Waals surface area contributed by atoms with Crippen LogP contribution in [0.5, 0.6) is 0 Å². The molecule has 0 aliphatic rings. The quantitative estimate of drug-likeness (QED) is 0.906. The first kappa shape index (κ1) is 14.2. The fourth-order valence-corrected chi connectivity index (χ4v) is 1.86. The molecule has 0 saturated carbocycles. The lowest BCUT2D eigenvalue weighted by Gasteiger charge is -2.07. The van der Waals surface area contributed by atoms with Crippen molar-refractivity contribution in [2.45, 2.75) is 27.3 Å². The van der Waals surface area contributed by atoms with E-state index in [1.165, 1.54) is 0 Å². The normalized spacial score (nSPS) is 10.8. The van der Waals surface area contributed by atoms with Gasteiger partial charge in [0, 0.05) is 6.54 Å². The summed E-state index contributed by atoms with van der Waals surface area (Å²) >= 11 is 0. The van der Waals surface area contributed by atoms with Crippen LogP contribution in [0.4, 0.5) is 0 Å². The minimum absolute atomic E-state index is 0.157. The van der Waals surface area contributed by atoms with Gasteiger partial charge in [0.05, 0.1) is 12.2 Å². The van der Waals surface area contributed by atoms with Gasteiger partial charge in [0.2, 0.25) is 0 Å². The average molecular weight is 272 g/mol. The molecule has 0 aliphatic carbocycles. The second-order valence-corrected chi connectivity index (χ2v) is 5.27. The first-order valence-electron chi connectivity index (χ1n) is 6.80. The molecule has 1 aromatic carbocycles. The van der Waals surface area contributed by atoms with Gasteiger partial charge in [0.15, 0.2) is 5.69 Å². The van der Waals surface area contributed by atoms with Crippen molar-refractivity contribution in [1.29, 1.82) is 0 Å². The van der Waals surface area contributed by atoms with E-state index in [-0.39, 0.29) is 5.91 Å². The number of amides is 1. The Kier molecular flexibility index (Phi) is 4.50. The van der Waals surface area contributed by atoms with Crippen LogP contribution in [0.25, 0.3) is 0 Å². The topological polar surface area (TPSA) is 59.8 Å². The summed E-state index contributed by atoms with van der Waals surface area (Å²) in [5.41, 5.74) is 2.33. The molecule has 0 aliphatic heterocycles. The highest BCUT2D eigenvalue weighted by Gasteiger charge is 2.16. The lowest BCUT2D eigenvalue weighted by atomic mass is 10.2. The molecular weight excluding hydrogens is 252 g/mol. The van der Waals surface area contributed by atoms with Gasteiger partial charge in [-0.05, 0) is 18.4 Å².